The first-order valence-corrected chi connectivity index (χ1v) is 8.62. The molecule has 29 heavy (non-hydrogen) atoms. The number of carbonyl (C=O) groups is 2. The zero-order valence-electron chi connectivity index (χ0n) is 15.8. The molecule has 0 N–H and O–H groups in total. The number of amides is 1. The number of nitrogens with zero attached hydrogens (tertiary/aromatic N) is 2. The topological polar surface area (TPSA) is 91.3 Å². The minimum Gasteiger partial charge on any atom is -0.545 e. The Hall–Kier alpha value is -4.05. The molecule has 0 radical (unpaired) electrons. The van der Waals surface area contributed by atoms with Crippen LogP contribution in [-0.4, -0.2) is 31.3 Å². The second kappa shape index (κ2) is 8.31. The lowest BCUT2D eigenvalue weighted by molar-refractivity contribution is -0.255. The zero-order chi connectivity index (χ0) is 21.0. The van der Waals surface area contributed by atoms with E-state index in [1.807, 2.05) is 0 Å². The van der Waals surface area contributed by atoms with Gasteiger partial charge in [-0.1, -0.05) is 24.1 Å². The second-order valence-electron chi connectivity index (χ2n) is 6.10. The van der Waals surface area contributed by atoms with Gasteiger partial charge in [0.25, 0.3) is 5.91 Å². The number of carboxylic acid groups (broad SMARTS) is 1. The normalized spacial score (nSPS) is 14.5. The van der Waals surface area contributed by atoms with Crippen molar-refractivity contribution in [1.82, 2.24) is 0 Å². The van der Waals surface area contributed by atoms with Crippen LogP contribution < -0.4 is 19.6 Å². The minimum atomic E-state index is -1.28. The number of hydrazone groups is 1. The summed E-state index contributed by atoms with van der Waals surface area (Å²) >= 11 is 0. The molecule has 2 aromatic carbocycles. The van der Waals surface area contributed by atoms with Crippen LogP contribution in [0.1, 0.15) is 22.8 Å². The third-order valence-corrected chi connectivity index (χ3v) is 4.22. The van der Waals surface area contributed by atoms with Gasteiger partial charge in [-0.25, -0.2) is 0 Å². The number of methoxy groups -OCH3 is 1. The lowest BCUT2D eigenvalue weighted by Gasteiger charge is -2.13. The fraction of sp³-hybridized carbons (Fsp3) is 0.136. The molecule has 0 aromatic heterocycles. The third kappa shape index (κ3) is 4.12. The van der Waals surface area contributed by atoms with E-state index in [4.69, 9.17) is 15.9 Å². The molecule has 0 bridgehead atoms. The van der Waals surface area contributed by atoms with Crippen LogP contribution in [0.3, 0.4) is 0 Å². The van der Waals surface area contributed by atoms with E-state index in [1.165, 1.54) is 36.4 Å². The number of terminal acetylenes is 1. The smallest absolute Gasteiger partial charge is 0.280 e. The summed E-state index contributed by atoms with van der Waals surface area (Å²) in [4.78, 5) is 23.7. The van der Waals surface area contributed by atoms with Gasteiger partial charge in [-0.2, -0.15) is 10.1 Å². The number of aromatic carboxylic acids is 1. The van der Waals surface area contributed by atoms with Crippen molar-refractivity contribution in [2.24, 2.45) is 5.10 Å². The molecule has 0 saturated heterocycles. The van der Waals surface area contributed by atoms with Crippen molar-refractivity contribution in [3.63, 3.8) is 0 Å². The highest BCUT2D eigenvalue weighted by atomic mass is 16.5. The van der Waals surface area contributed by atoms with Gasteiger partial charge in [0.15, 0.2) is 11.5 Å². The number of carboxylic acids is 1. The van der Waals surface area contributed by atoms with Crippen LogP contribution >= 0.6 is 0 Å². The summed E-state index contributed by atoms with van der Waals surface area (Å²) in [6.45, 7) is 1.84. The Labute approximate surface area is 167 Å². The Balaban J connectivity index is 1.87. The van der Waals surface area contributed by atoms with Gasteiger partial charge in [0, 0.05) is 0 Å². The number of ether oxygens (including phenoxy) is 2. The van der Waals surface area contributed by atoms with Gasteiger partial charge in [-0.3, -0.25) is 4.79 Å². The fourth-order valence-corrected chi connectivity index (χ4v) is 2.78. The summed E-state index contributed by atoms with van der Waals surface area (Å²) in [5.74, 6) is 1.78. The summed E-state index contributed by atoms with van der Waals surface area (Å²) in [6.07, 6.45) is 6.91. The zero-order valence-corrected chi connectivity index (χ0v) is 15.8. The molecule has 1 aliphatic heterocycles. The van der Waals surface area contributed by atoms with Crippen molar-refractivity contribution in [3.8, 4) is 23.8 Å². The molecule has 146 valence electrons. The quantitative estimate of drug-likeness (QED) is 0.556. The first-order chi connectivity index (χ1) is 13.9. The monoisotopic (exact) mass is 389 g/mol. The van der Waals surface area contributed by atoms with Crippen molar-refractivity contribution < 1.29 is 24.2 Å². The van der Waals surface area contributed by atoms with Gasteiger partial charge in [0.2, 0.25) is 0 Å². The molecule has 1 aliphatic rings. The highest BCUT2D eigenvalue weighted by molar-refractivity contribution is 6.32. The number of hydrogen-bond acceptors (Lipinski definition) is 6. The Bertz CT molecular complexity index is 1060. The molecular weight excluding hydrogens is 372 g/mol. The van der Waals surface area contributed by atoms with Gasteiger partial charge in [-0.15, -0.1) is 6.42 Å². The fourth-order valence-electron chi connectivity index (χ4n) is 2.78. The van der Waals surface area contributed by atoms with E-state index in [-0.39, 0.29) is 18.1 Å². The van der Waals surface area contributed by atoms with E-state index in [1.54, 1.807) is 31.2 Å². The Morgan fingerprint density at radius 1 is 1.24 bits per heavy atom. The minimum absolute atomic E-state index is 0.0242. The van der Waals surface area contributed by atoms with Gasteiger partial charge in [-0.05, 0) is 48.4 Å². The highest BCUT2D eigenvalue weighted by Crippen LogP contribution is 2.30. The maximum Gasteiger partial charge on any atom is 0.280 e. The summed E-state index contributed by atoms with van der Waals surface area (Å²) in [7, 11) is 1.51. The maximum atomic E-state index is 12.8. The predicted molar refractivity (Wildman–Crippen MR) is 107 cm³/mol. The molecule has 0 atom stereocenters. The average molecular weight is 389 g/mol. The number of rotatable bonds is 6. The van der Waals surface area contributed by atoms with Crippen LogP contribution in [0.2, 0.25) is 0 Å². The number of anilines is 1. The average Bonchev–Trinajstić information content (AvgIpc) is 3.01. The SMILES string of the molecule is C#CCOc1ccc(/C=C2/C(=O)N(c3ccc(C(=O)[O-])cc3)N=C2C)cc1OC. The molecule has 0 spiro atoms. The predicted octanol–water partition coefficient (Wildman–Crippen LogP) is 1.88. The Kier molecular flexibility index (Phi) is 5.65. The standard InChI is InChI=1S/C22H18N2O5/c1-4-11-29-19-10-5-15(13-20(19)28-3)12-18-14(2)23-24(21(18)25)17-8-6-16(7-9-17)22(26)27/h1,5-10,12-13H,11H2,2-3H3,(H,26,27)/p-1/b18-12+. The van der Waals surface area contributed by atoms with E-state index < -0.39 is 5.97 Å². The number of carbonyl (C=O) groups excluding carboxylic acids is 2. The molecule has 2 aromatic rings. The van der Waals surface area contributed by atoms with Gasteiger partial charge in [0.1, 0.15) is 6.61 Å². The van der Waals surface area contributed by atoms with Crippen molar-refractivity contribution in [2.45, 2.75) is 6.92 Å². The number of benzene rings is 2. The molecule has 3 rings (SSSR count). The van der Waals surface area contributed by atoms with Gasteiger partial charge in [0.05, 0.1) is 30.1 Å². The van der Waals surface area contributed by atoms with Gasteiger partial charge < -0.3 is 19.4 Å². The summed E-state index contributed by atoms with van der Waals surface area (Å²) in [5, 5.41) is 16.4. The molecular formula is C22H17N2O5-. The maximum absolute atomic E-state index is 12.8. The Morgan fingerprint density at radius 2 is 1.97 bits per heavy atom. The largest absolute Gasteiger partial charge is 0.545 e. The molecule has 7 nitrogen and oxygen atoms in total. The molecule has 0 unspecified atom stereocenters. The van der Waals surface area contributed by atoms with E-state index in [2.05, 4.69) is 11.0 Å². The Morgan fingerprint density at radius 3 is 2.59 bits per heavy atom. The molecule has 0 aliphatic carbocycles. The van der Waals surface area contributed by atoms with Crippen molar-refractivity contribution in [3.05, 3.63) is 59.2 Å². The first-order valence-electron chi connectivity index (χ1n) is 8.62. The van der Waals surface area contributed by atoms with Crippen molar-refractivity contribution in [1.29, 1.82) is 0 Å². The number of hydrogen-bond donors (Lipinski definition) is 0. The third-order valence-electron chi connectivity index (χ3n) is 4.22. The van der Waals surface area contributed by atoms with Gasteiger partial charge >= 0.3 is 0 Å². The highest BCUT2D eigenvalue weighted by Gasteiger charge is 2.28. The second-order valence-corrected chi connectivity index (χ2v) is 6.10. The molecule has 7 heteroatoms. The molecule has 1 heterocycles. The van der Waals surface area contributed by atoms with Crippen LogP contribution in [0.25, 0.3) is 6.08 Å². The van der Waals surface area contributed by atoms with Crippen molar-refractivity contribution >= 4 is 29.4 Å². The van der Waals surface area contributed by atoms with Crippen LogP contribution in [0.4, 0.5) is 5.69 Å². The summed E-state index contributed by atoms with van der Waals surface area (Å²) < 4.78 is 10.7. The van der Waals surface area contributed by atoms with E-state index in [0.717, 1.165) is 5.56 Å². The van der Waals surface area contributed by atoms with Crippen LogP contribution in [0.5, 0.6) is 11.5 Å². The molecule has 0 fully saturated rings. The van der Waals surface area contributed by atoms with E-state index in [9.17, 15) is 14.7 Å². The lowest BCUT2D eigenvalue weighted by atomic mass is 10.1. The van der Waals surface area contributed by atoms with Crippen LogP contribution in [0, 0.1) is 12.3 Å². The van der Waals surface area contributed by atoms with Crippen molar-refractivity contribution in [2.75, 3.05) is 18.7 Å². The van der Waals surface area contributed by atoms with Crippen LogP contribution in [0.15, 0.2) is 53.1 Å². The molecule has 0 saturated carbocycles. The first kappa shape index (κ1) is 19.7. The van der Waals surface area contributed by atoms with Crippen LogP contribution in [-0.2, 0) is 4.79 Å². The molecule has 1 amide bonds. The van der Waals surface area contributed by atoms with E-state index >= 15 is 0 Å². The summed E-state index contributed by atoms with van der Waals surface area (Å²) in [6, 6.07) is 11.0. The van der Waals surface area contributed by atoms with E-state index in [0.29, 0.717) is 28.5 Å². The summed E-state index contributed by atoms with van der Waals surface area (Å²) in [5.41, 5.74) is 2.15. The lowest BCUT2D eigenvalue weighted by Crippen LogP contribution is -2.23.